The minimum Gasteiger partial charge on any atom is -0.322 e. The molecular formula is C23H21BrN2O. The molecule has 0 spiro atoms. The molecule has 27 heavy (non-hydrogen) atoms. The lowest BCUT2D eigenvalue weighted by Gasteiger charge is -2.14. The molecule has 3 nitrogen and oxygen atoms in total. The summed E-state index contributed by atoms with van der Waals surface area (Å²) in [5.74, 6) is -0.146. The van der Waals surface area contributed by atoms with Crippen LogP contribution in [0.3, 0.4) is 0 Å². The fourth-order valence-corrected chi connectivity index (χ4v) is 3.32. The summed E-state index contributed by atoms with van der Waals surface area (Å²) >= 11 is 3.48. The summed E-state index contributed by atoms with van der Waals surface area (Å²) in [7, 11) is 0. The minimum absolute atomic E-state index is 0.146. The highest BCUT2D eigenvalue weighted by atomic mass is 79.9. The Labute approximate surface area is 168 Å². The van der Waals surface area contributed by atoms with Gasteiger partial charge in [-0.3, -0.25) is 9.78 Å². The molecule has 1 aromatic heterocycles. The van der Waals surface area contributed by atoms with Crippen LogP contribution in [-0.4, -0.2) is 10.9 Å². The van der Waals surface area contributed by atoms with Crippen molar-refractivity contribution < 1.29 is 4.79 Å². The molecule has 0 fully saturated rings. The summed E-state index contributed by atoms with van der Waals surface area (Å²) in [4.78, 5) is 16.5. The van der Waals surface area contributed by atoms with E-state index in [1.165, 1.54) is 5.57 Å². The van der Waals surface area contributed by atoms with E-state index in [9.17, 15) is 4.79 Å². The molecule has 2 aromatic carbocycles. The number of anilines is 1. The molecule has 136 valence electrons. The number of nitrogens with zero attached hydrogens (tertiary/aromatic N) is 1. The molecule has 0 unspecified atom stereocenters. The maximum Gasteiger partial charge on any atom is 0.257 e. The molecular weight excluding hydrogens is 400 g/mol. The molecule has 0 radical (unpaired) electrons. The van der Waals surface area contributed by atoms with E-state index in [0.29, 0.717) is 5.56 Å². The number of allylic oxidation sites excluding steroid dienone is 1. The summed E-state index contributed by atoms with van der Waals surface area (Å²) in [5, 5.41) is 2.97. The van der Waals surface area contributed by atoms with Gasteiger partial charge in [0.1, 0.15) is 0 Å². The summed E-state index contributed by atoms with van der Waals surface area (Å²) in [6, 6.07) is 16.1. The van der Waals surface area contributed by atoms with Crippen LogP contribution in [0.15, 0.2) is 71.5 Å². The molecule has 0 aliphatic rings. The van der Waals surface area contributed by atoms with Crippen molar-refractivity contribution in [2.24, 2.45) is 0 Å². The first-order valence-electron chi connectivity index (χ1n) is 8.75. The van der Waals surface area contributed by atoms with E-state index >= 15 is 0 Å². The second-order valence-electron chi connectivity index (χ2n) is 6.38. The van der Waals surface area contributed by atoms with E-state index in [1.54, 1.807) is 12.4 Å². The van der Waals surface area contributed by atoms with Gasteiger partial charge in [0.2, 0.25) is 0 Å². The first-order valence-corrected chi connectivity index (χ1v) is 9.54. The number of amides is 1. The molecule has 0 saturated carbocycles. The number of aryl methyl sites for hydroxylation is 2. The summed E-state index contributed by atoms with van der Waals surface area (Å²) in [5.41, 5.74) is 6.84. The first-order chi connectivity index (χ1) is 13.0. The average molecular weight is 421 g/mol. The van der Waals surface area contributed by atoms with Crippen LogP contribution in [-0.2, 0) is 0 Å². The SMILES string of the molecule is C/C=C(/c1ccc(Br)cc1)c1ccc(NC(=O)c2cnccc2C)cc1C. The number of benzene rings is 2. The third-order valence-electron chi connectivity index (χ3n) is 4.50. The number of nitrogens with one attached hydrogen (secondary N) is 1. The van der Waals surface area contributed by atoms with Crippen molar-refractivity contribution in [2.45, 2.75) is 20.8 Å². The van der Waals surface area contributed by atoms with E-state index in [-0.39, 0.29) is 5.91 Å². The van der Waals surface area contributed by atoms with E-state index in [4.69, 9.17) is 0 Å². The van der Waals surface area contributed by atoms with Gasteiger partial charge in [-0.2, -0.15) is 0 Å². The quantitative estimate of drug-likeness (QED) is 0.548. The lowest BCUT2D eigenvalue weighted by molar-refractivity contribution is 0.102. The highest BCUT2D eigenvalue weighted by Crippen LogP contribution is 2.29. The zero-order chi connectivity index (χ0) is 19.4. The molecule has 3 aromatic rings. The number of hydrogen-bond acceptors (Lipinski definition) is 2. The summed E-state index contributed by atoms with van der Waals surface area (Å²) < 4.78 is 1.06. The molecule has 0 aliphatic carbocycles. The minimum atomic E-state index is -0.146. The molecule has 0 saturated heterocycles. The standard InChI is InChI=1S/C23H21BrN2O/c1-4-20(17-5-7-18(24)8-6-17)21-10-9-19(13-16(21)3)26-23(27)22-14-25-12-11-15(22)2/h4-14H,1-3H3,(H,26,27)/b20-4-. The van der Waals surface area contributed by atoms with Crippen LogP contribution in [0.4, 0.5) is 5.69 Å². The molecule has 1 amide bonds. The van der Waals surface area contributed by atoms with Crippen LogP contribution in [0.5, 0.6) is 0 Å². The van der Waals surface area contributed by atoms with Crippen molar-refractivity contribution in [3.63, 3.8) is 0 Å². The van der Waals surface area contributed by atoms with Crippen molar-refractivity contribution in [3.05, 3.63) is 99.3 Å². The van der Waals surface area contributed by atoms with Gasteiger partial charge in [0.05, 0.1) is 5.56 Å². The van der Waals surface area contributed by atoms with Crippen LogP contribution < -0.4 is 5.32 Å². The predicted octanol–water partition coefficient (Wildman–Crippen LogP) is 6.16. The van der Waals surface area contributed by atoms with Crippen molar-refractivity contribution in [1.29, 1.82) is 0 Å². The molecule has 0 bridgehead atoms. The van der Waals surface area contributed by atoms with Crippen molar-refractivity contribution >= 4 is 33.1 Å². The topological polar surface area (TPSA) is 42.0 Å². The smallest absolute Gasteiger partial charge is 0.257 e. The lowest BCUT2D eigenvalue weighted by atomic mass is 9.94. The highest BCUT2D eigenvalue weighted by Gasteiger charge is 2.12. The number of pyridine rings is 1. The second-order valence-corrected chi connectivity index (χ2v) is 7.30. The van der Waals surface area contributed by atoms with Crippen molar-refractivity contribution in [2.75, 3.05) is 5.32 Å². The molecule has 0 atom stereocenters. The van der Waals surface area contributed by atoms with Crippen molar-refractivity contribution in [3.8, 4) is 0 Å². The third-order valence-corrected chi connectivity index (χ3v) is 5.03. The van der Waals surface area contributed by atoms with Crippen LogP contribution in [0, 0.1) is 13.8 Å². The lowest BCUT2D eigenvalue weighted by Crippen LogP contribution is -2.13. The fraction of sp³-hybridized carbons (Fsp3) is 0.130. The van der Waals surface area contributed by atoms with Gasteiger partial charge in [-0.15, -0.1) is 0 Å². The van der Waals surface area contributed by atoms with Crippen LogP contribution in [0.25, 0.3) is 5.57 Å². The Balaban J connectivity index is 1.86. The Morgan fingerprint density at radius 3 is 2.37 bits per heavy atom. The Morgan fingerprint density at radius 2 is 1.74 bits per heavy atom. The van der Waals surface area contributed by atoms with E-state index in [0.717, 1.165) is 32.4 Å². The molecule has 4 heteroatoms. The predicted molar refractivity (Wildman–Crippen MR) is 115 cm³/mol. The Kier molecular flexibility index (Phi) is 5.87. The maximum absolute atomic E-state index is 12.5. The first kappa shape index (κ1) is 19.1. The Morgan fingerprint density at radius 1 is 1.00 bits per heavy atom. The van der Waals surface area contributed by atoms with Crippen LogP contribution in [0.1, 0.15) is 39.5 Å². The number of carbonyl (C=O) groups is 1. The van der Waals surface area contributed by atoms with E-state index in [2.05, 4.69) is 57.4 Å². The van der Waals surface area contributed by atoms with E-state index < -0.39 is 0 Å². The van der Waals surface area contributed by atoms with Gasteiger partial charge in [-0.25, -0.2) is 0 Å². The Bertz CT molecular complexity index is 1010. The average Bonchev–Trinajstić information content (AvgIpc) is 2.65. The number of carbonyl (C=O) groups excluding carboxylic acids is 1. The van der Waals surface area contributed by atoms with Gasteiger partial charge in [0.25, 0.3) is 5.91 Å². The van der Waals surface area contributed by atoms with Gasteiger partial charge < -0.3 is 5.32 Å². The summed E-state index contributed by atoms with van der Waals surface area (Å²) in [6.07, 6.45) is 5.39. The van der Waals surface area contributed by atoms with Gasteiger partial charge >= 0.3 is 0 Å². The van der Waals surface area contributed by atoms with Gasteiger partial charge in [0.15, 0.2) is 0 Å². The monoisotopic (exact) mass is 420 g/mol. The van der Waals surface area contributed by atoms with E-state index in [1.807, 2.05) is 44.2 Å². The highest BCUT2D eigenvalue weighted by molar-refractivity contribution is 9.10. The number of halogens is 1. The second kappa shape index (κ2) is 8.31. The van der Waals surface area contributed by atoms with Gasteiger partial charge in [-0.1, -0.05) is 40.2 Å². The third kappa shape index (κ3) is 4.34. The molecule has 3 rings (SSSR count). The number of aromatic nitrogens is 1. The molecule has 0 aliphatic heterocycles. The fourth-order valence-electron chi connectivity index (χ4n) is 3.05. The van der Waals surface area contributed by atoms with Crippen LogP contribution in [0.2, 0.25) is 0 Å². The number of rotatable bonds is 4. The van der Waals surface area contributed by atoms with Crippen molar-refractivity contribution in [1.82, 2.24) is 4.98 Å². The Hall–Kier alpha value is -2.72. The zero-order valence-corrected chi connectivity index (χ0v) is 17.2. The normalized spacial score (nSPS) is 11.3. The maximum atomic E-state index is 12.5. The molecule has 1 heterocycles. The number of hydrogen-bond donors (Lipinski definition) is 1. The largest absolute Gasteiger partial charge is 0.322 e. The van der Waals surface area contributed by atoms with Crippen LogP contribution >= 0.6 is 15.9 Å². The zero-order valence-electron chi connectivity index (χ0n) is 15.6. The van der Waals surface area contributed by atoms with Gasteiger partial charge in [-0.05, 0) is 78.9 Å². The van der Waals surface area contributed by atoms with Gasteiger partial charge in [0, 0.05) is 22.6 Å². The summed E-state index contributed by atoms with van der Waals surface area (Å²) in [6.45, 7) is 6.00. The molecule has 1 N–H and O–H groups in total.